The Bertz CT molecular complexity index is 1440. The Morgan fingerprint density at radius 2 is 1.90 bits per heavy atom. The van der Waals surface area contributed by atoms with E-state index in [0.717, 1.165) is 24.1 Å². The molecule has 2 atom stereocenters. The molecule has 2 N–H and O–H groups in total. The number of rotatable bonds is 8. The topological polar surface area (TPSA) is 107 Å². The van der Waals surface area contributed by atoms with E-state index in [-0.39, 0.29) is 31.2 Å². The van der Waals surface area contributed by atoms with E-state index in [1.54, 1.807) is 36.1 Å². The van der Waals surface area contributed by atoms with Crippen LogP contribution in [0.4, 0.5) is 28.9 Å². The fourth-order valence-electron chi connectivity index (χ4n) is 4.58. The van der Waals surface area contributed by atoms with Crippen molar-refractivity contribution in [1.29, 1.82) is 5.41 Å². The van der Waals surface area contributed by atoms with E-state index in [9.17, 15) is 26.0 Å². The molecule has 2 aromatic carbocycles. The van der Waals surface area contributed by atoms with Crippen LogP contribution >= 0.6 is 0 Å². The lowest BCUT2D eigenvalue weighted by atomic mass is 9.94. The van der Waals surface area contributed by atoms with Crippen LogP contribution in [0.1, 0.15) is 29.7 Å². The molecule has 2 heterocycles. The summed E-state index contributed by atoms with van der Waals surface area (Å²) < 4.78 is 81.6. The van der Waals surface area contributed by atoms with Gasteiger partial charge >= 0.3 is 6.18 Å². The van der Waals surface area contributed by atoms with Crippen molar-refractivity contribution in [3.8, 4) is 0 Å². The molecule has 1 aliphatic heterocycles. The SMILES string of the molecule is Cc1cc(Nc2ccc(F)cc2)c(C=N)cc1[C@@H]1CN(S(=O)(=O)c2cnn(C)n2)CCN1CC(C)C(F)(F)F. The molecule has 4 rings (SSSR count). The number of nitrogens with one attached hydrogen (secondary N) is 2. The molecule has 14 heteroatoms. The summed E-state index contributed by atoms with van der Waals surface area (Å²) in [4.78, 5) is 2.77. The molecule has 1 fully saturated rings. The van der Waals surface area contributed by atoms with Gasteiger partial charge in [0.25, 0.3) is 10.0 Å². The molecule has 0 spiro atoms. The second-order valence-electron chi connectivity index (χ2n) is 9.56. The highest BCUT2D eigenvalue weighted by Gasteiger charge is 2.42. The van der Waals surface area contributed by atoms with E-state index in [2.05, 4.69) is 15.5 Å². The average molecular weight is 568 g/mol. The standard InChI is InChI=1S/C25H29F4N7O2S/c1-16-10-22(32-20-6-4-19(26)5-7-20)18(12-30)11-21(16)23-15-36(39(37,38)24-13-31-34(3)33-24)9-8-35(23)14-17(2)25(27,28)29/h4-7,10-13,17,23,30,32H,8-9,14-15H2,1-3H3/t17?,23-/m0/s1. The number of alkyl halides is 3. The van der Waals surface area contributed by atoms with Gasteiger partial charge in [0.2, 0.25) is 5.03 Å². The molecular formula is C25H29F4N7O2S. The zero-order valence-corrected chi connectivity index (χ0v) is 22.4. The lowest BCUT2D eigenvalue weighted by molar-refractivity contribution is -0.176. The molecule has 1 aromatic heterocycles. The summed E-state index contributed by atoms with van der Waals surface area (Å²) in [7, 11) is -2.55. The van der Waals surface area contributed by atoms with Gasteiger partial charge < -0.3 is 10.7 Å². The second-order valence-corrected chi connectivity index (χ2v) is 11.4. The van der Waals surface area contributed by atoms with Gasteiger partial charge in [-0.1, -0.05) is 6.92 Å². The van der Waals surface area contributed by atoms with Gasteiger partial charge in [0.05, 0.1) is 12.1 Å². The first-order chi connectivity index (χ1) is 18.3. The first-order valence-electron chi connectivity index (χ1n) is 12.1. The molecule has 1 unspecified atom stereocenters. The Hall–Kier alpha value is -3.36. The molecule has 9 nitrogen and oxygen atoms in total. The van der Waals surface area contributed by atoms with Crippen molar-refractivity contribution in [3.05, 3.63) is 65.1 Å². The van der Waals surface area contributed by atoms with Gasteiger partial charge in [-0.15, -0.1) is 5.10 Å². The third kappa shape index (κ3) is 6.28. The predicted molar refractivity (Wildman–Crippen MR) is 138 cm³/mol. The van der Waals surface area contributed by atoms with Crippen LogP contribution in [-0.4, -0.2) is 71.2 Å². The van der Waals surface area contributed by atoms with Gasteiger partial charge in [-0.05, 0) is 54.4 Å². The van der Waals surface area contributed by atoms with E-state index in [0.29, 0.717) is 28.1 Å². The minimum Gasteiger partial charge on any atom is -0.355 e. The lowest BCUT2D eigenvalue weighted by Crippen LogP contribution is -2.52. The molecule has 3 aromatic rings. The normalized spacial score (nSPS) is 18.2. The summed E-state index contributed by atoms with van der Waals surface area (Å²) in [5.41, 5.74) is 2.88. The maximum absolute atomic E-state index is 13.5. The Balaban J connectivity index is 1.71. The summed E-state index contributed by atoms with van der Waals surface area (Å²) in [6.45, 7) is 2.51. The van der Waals surface area contributed by atoms with Gasteiger partial charge in [0.15, 0.2) is 0 Å². The van der Waals surface area contributed by atoms with Crippen molar-refractivity contribution in [2.24, 2.45) is 13.0 Å². The number of hydrogen-bond acceptors (Lipinski definition) is 7. The molecule has 1 aliphatic rings. The summed E-state index contributed by atoms with van der Waals surface area (Å²) >= 11 is 0. The monoisotopic (exact) mass is 567 g/mol. The summed E-state index contributed by atoms with van der Waals surface area (Å²) in [6, 6.07) is 8.39. The number of hydrogen-bond donors (Lipinski definition) is 2. The van der Waals surface area contributed by atoms with Crippen LogP contribution in [0.15, 0.2) is 47.6 Å². The summed E-state index contributed by atoms with van der Waals surface area (Å²) in [5.74, 6) is -2.03. The van der Waals surface area contributed by atoms with E-state index >= 15 is 0 Å². The molecule has 0 saturated carbocycles. The highest BCUT2D eigenvalue weighted by molar-refractivity contribution is 7.89. The van der Waals surface area contributed by atoms with Crippen LogP contribution in [0, 0.1) is 24.1 Å². The van der Waals surface area contributed by atoms with E-state index in [1.807, 2.05) is 0 Å². The third-order valence-corrected chi connectivity index (χ3v) is 8.51. The Labute approximate surface area is 224 Å². The number of aromatic nitrogens is 3. The maximum Gasteiger partial charge on any atom is 0.392 e. The Morgan fingerprint density at radius 1 is 1.21 bits per heavy atom. The molecule has 1 saturated heterocycles. The van der Waals surface area contributed by atoms with Gasteiger partial charge in [0.1, 0.15) is 5.82 Å². The zero-order valence-electron chi connectivity index (χ0n) is 21.6. The molecule has 0 amide bonds. The van der Waals surface area contributed by atoms with Crippen LogP contribution < -0.4 is 5.32 Å². The molecule has 210 valence electrons. The van der Waals surface area contributed by atoms with Crippen molar-refractivity contribution in [2.75, 3.05) is 31.5 Å². The quantitative estimate of drug-likeness (QED) is 0.311. The minimum atomic E-state index is -4.41. The summed E-state index contributed by atoms with van der Waals surface area (Å²) in [5, 5.41) is 18.6. The maximum atomic E-state index is 13.5. The molecule has 0 aliphatic carbocycles. The van der Waals surface area contributed by atoms with Crippen LogP contribution in [-0.2, 0) is 17.1 Å². The number of halogens is 4. The number of piperazine rings is 1. The second kappa shape index (κ2) is 11.0. The van der Waals surface area contributed by atoms with E-state index in [1.165, 1.54) is 23.5 Å². The molecule has 0 bridgehead atoms. The van der Waals surface area contributed by atoms with Crippen LogP contribution in [0.3, 0.4) is 0 Å². The number of sulfonamides is 1. The molecule has 39 heavy (non-hydrogen) atoms. The fraction of sp³-hybridized carbons (Fsp3) is 0.400. The zero-order chi connectivity index (χ0) is 28.5. The number of benzene rings is 2. The summed E-state index contributed by atoms with van der Waals surface area (Å²) in [6.07, 6.45) is -2.17. The largest absolute Gasteiger partial charge is 0.392 e. The first kappa shape index (κ1) is 28.6. The highest BCUT2D eigenvalue weighted by Crippen LogP contribution is 2.36. The predicted octanol–water partition coefficient (Wildman–Crippen LogP) is 4.25. The Morgan fingerprint density at radius 3 is 2.49 bits per heavy atom. The first-order valence-corrected chi connectivity index (χ1v) is 13.6. The average Bonchev–Trinajstić information content (AvgIpc) is 3.32. The smallest absolute Gasteiger partial charge is 0.355 e. The van der Waals surface area contributed by atoms with Crippen molar-refractivity contribution in [1.82, 2.24) is 24.2 Å². The fourth-order valence-corrected chi connectivity index (χ4v) is 5.90. The van der Waals surface area contributed by atoms with Gasteiger partial charge in [0, 0.05) is 62.4 Å². The van der Waals surface area contributed by atoms with Crippen LogP contribution in [0.25, 0.3) is 0 Å². The number of aryl methyl sites for hydroxylation is 2. The number of anilines is 2. The van der Waals surface area contributed by atoms with Crippen molar-refractivity contribution < 1.29 is 26.0 Å². The lowest BCUT2D eigenvalue weighted by Gasteiger charge is -2.42. The van der Waals surface area contributed by atoms with Gasteiger partial charge in [-0.25, -0.2) is 12.8 Å². The van der Waals surface area contributed by atoms with E-state index in [4.69, 9.17) is 5.41 Å². The van der Waals surface area contributed by atoms with Crippen LogP contribution in [0.2, 0.25) is 0 Å². The molecule has 0 radical (unpaired) electrons. The highest BCUT2D eigenvalue weighted by atomic mass is 32.2. The third-order valence-electron chi connectivity index (χ3n) is 6.78. The van der Waals surface area contributed by atoms with Crippen molar-refractivity contribution >= 4 is 27.6 Å². The van der Waals surface area contributed by atoms with Crippen molar-refractivity contribution in [3.63, 3.8) is 0 Å². The Kier molecular flexibility index (Phi) is 8.09. The number of nitrogens with zero attached hydrogens (tertiary/aromatic N) is 5. The minimum absolute atomic E-state index is 0.0132. The van der Waals surface area contributed by atoms with Gasteiger partial charge in [-0.2, -0.15) is 27.4 Å². The van der Waals surface area contributed by atoms with Crippen molar-refractivity contribution in [2.45, 2.75) is 31.1 Å². The molecular weight excluding hydrogens is 538 g/mol. The van der Waals surface area contributed by atoms with E-state index < -0.39 is 34.0 Å². The van der Waals surface area contributed by atoms with Crippen LogP contribution in [0.5, 0.6) is 0 Å². The van der Waals surface area contributed by atoms with Gasteiger partial charge in [-0.3, -0.25) is 4.90 Å².